The summed E-state index contributed by atoms with van der Waals surface area (Å²) in [6.45, 7) is 8.57. The number of halogens is 1. The minimum absolute atomic E-state index is 0.271. The van der Waals surface area contributed by atoms with E-state index in [2.05, 4.69) is 35.7 Å². The maximum atomic E-state index is 13.3. The van der Waals surface area contributed by atoms with E-state index in [0.717, 1.165) is 68.8 Å². The van der Waals surface area contributed by atoms with Crippen LogP contribution in [-0.4, -0.2) is 59.1 Å². The molecule has 0 aromatic carbocycles. The molecule has 0 saturated carbocycles. The van der Waals surface area contributed by atoms with Gasteiger partial charge in [0.2, 0.25) is 0 Å². The molecule has 0 radical (unpaired) electrons. The highest BCUT2D eigenvalue weighted by atomic mass is 19.1. The Bertz CT molecular complexity index is 753. The molecular weight excluding hydrogens is 331 g/mol. The lowest BCUT2D eigenvalue weighted by Crippen LogP contribution is -2.46. The molecule has 2 aliphatic rings. The van der Waals surface area contributed by atoms with Gasteiger partial charge in [0.15, 0.2) is 0 Å². The van der Waals surface area contributed by atoms with Crippen LogP contribution in [0.2, 0.25) is 0 Å². The number of rotatable bonds is 4. The quantitative estimate of drug-likeness (QED) is 0.837. The van der Waals surface area contributed by atoms with Crippen LogP contribution in [0.3, 0.4) is 0 Å². The number of pyridine rings is 1. The molecule has 4 rings (SSSR count). The molecule has 6 nitrogen and oxygen atoms in total. The fourth-order valence-electron chi connectivity index (χ4n) is 3.74. The predicted octanol–water partition coefficient (Wildman–Crippen LogP) is 2.24. The highest BCUT2D eigenvalue weighted by molar-refractivity contribution is 5.51. The number of aromatic nitrogens is 3. The Morgan fingerprint density at radius 1 is 0.885 bits per heavy atom. The molecule has 7 heteroatoms. The summed E-state index contributed by atoms with van der Waals surface area (Å²) in [4.78, 5) is 20.2. The maximum Gasteiger partial charge on any atom is 0.141 e. The largest absolute Gasteiger partial charge is 0.356 e. The zero-order chi connectivity index (χ0) is 17.9. The van der Waals surface area contributed by atoms with E-state index >= 15 is 0 Å². The Labute approximate surface area is 153 Å². The minimum Gasteiger partial charge on any atom is -0.356 e. The summed E-state index contributed by atoms with van der Waals surface area (Å²) in [7, 11) is 0. The molecule has 2 aliphatic heterocycles. The smallest absolute Gasteiger partial charge is 0.141 e. The number of nitrogens with zero attached hydrogens (tertiary/aromatic N) is 6. The molecule has 0 bridgehead atoms. The highest BCUT2D eigenvalue weighted by Crippen LogP contribution is 2.23. The van der Waals surface area contributed by atoms with Crippen LogP contribution >= 0.6 is 0 Å². The molecule has 2 saturated heterocycles. The number of hydrogen-bond donors (Lipinski definition) is 0. The summed E-state index contributed by atoms with van der Waals surface area (Å²) in [5.74, 6) is 2.63. The van der Waals surface area contributed by atoms with Crippen molar-refractivity contribution in [3.05, 3.63) is 41.7 Å². The van der Waals surface area contributed by atoms with Gasteiger partial charge in [-0.15, -0.1) is 0 Å². The molecule has 0 spiro atoms. The van der Waals surface area contributed by atoms with E-state index in [1.807, 2.05) is 6.92 Å². The van der Waals surface area contributed by atoms with Gasteiger partial charge >= 0.3 is 0 Å². The first-order valence-electron chi connectivity index (χ1n) is 9.35. The molecule has 0 unspecified atom stereocenters. The van der Waals surface area contributed by atoms with Crippen molar-refractivity contribution in [3.8, 4) is 0 Å². The molecule has 2 fully saturated rings. The summed E-state index contributed by atoms with van der Waals surface area (Å²) in [6.07, 6.45) is 5.47. The highest BCUT2D eigenvalue weighted by Gasteiger charge is 2.21. The van der Waals surface area contributed by atoms with Crippen LogP contribution in [0.1, 0.15) is 24.2 Å². The number of hydrogen-bond acceptors (Lipinski definition) is 6. The van der Waals surface area contributed by atoms with Gasteiger partial charge in [-0.3, -0.25) is 9.88 Å². The Balaban J connectivity index is 1.40. The van der Waals surface area contributed by atoms with Gasteiger partial charge in [-0.2, -0.15) is 0 Å². The van der Waals surface area contributed by atoms with Gasteiger partial charge in [0, 0.05) is 58.1 Å². The van der Waals surface area contributed by atoms with E-state index in [9.17, 15) is 4.39 Å². The zero-order valence-electron chi connectivity index (χ0n) is 15.2. The topological polar surface area (TPSA) is 48.4 Å². The summed E-state index contributed by atoms with van der Waals surface area (Å²) < 4.78 is 13.3. The number of aryl methyl sites for hydroxylation is 1. The maximum absolute atomic E-state index is 13.3. The summed E-state index contributed by atoms with van der Waals surface area (Å²) in [6, 6.07) is 3.69. The number of anilines is 2. The van der Waals surface area contributed by atoms with E-state index in [1.165, 1.54) is 19.0 Å². The molecule has 0 N–H and O–H groups in total. The Hall–Kier alpha value is -2.28. The molecular formula is C19H25FN6. The fourth-order valence-corrected chi connectivity index (χ4v) is 3.74. The summed E-state index contributed by atoms with van der Waals surface area (Å²) in [5, 5.41) is 0. The van der Waals surface area contributed by atoms with Crippen molar-refractivity contribution < 1.29 is 4.39 Å². The molecule has 138 valence electrons. The van der Waals surface area contributed by atoms with Gasteiger partial charge in [-0.1, -0.05) is 0 Å². The van der Waals surface area contributed by atoms with Gasteiger partial charge in [0.25, 0.3) is 0 Å². The lowest BCUT2D eigenvalue weighted by Gasteiger charge is -2.35. The number of piperazine rings is 1. The second-order valence-electron chi connectivity index (χ2n) is 7.10. The fraction of sp³-hybridized carbons (Fsp3) is 0.526. The molecule has 2 aromatic rings. The van der Waals surface area contributed by atoms with Crippen LogP contribution in [0.25, 0.3) is 0 Å². The lowest BCUT2D eigenvalue weighted by atomic mass is 10.2. The first kappa shape index (κ1) is 17.1. The van der Waals surface area contributed by atoms with Gasteiger partial charge in [0.1, 0.15) is 23.3 Å². The van der Waals surface area contributed by atoms with Crippen molar-refractivity contribution in [3.63, 3.8) is 0 Å². The van der Waals surface area contributed by atoms with Crippen molar-refractivity contribution in [2.24, 2.45) is 0 Å². The molecule has 26 heavy (non-hydrogen) atoms. The third-order valence-corrected chi connectivity index (χ3v) is 5.10. The van der Waals surface area contributed by atoms with Crippen LogP contribution in [-0.2, 0) is 6.54 Å². The van der Waals surface area contributed by atoms with Gasteiger partial charge < -0.3 is 9.80 Å². The molecule has 0 amide bonds. The van der Waals surface area contributed by atoms with Crippen LogP contribution in [0.5, 0.6) is 0 Å². The van der Waals surface area contributed by atoms with Crippen molar-refractivity contribution in [1.29, 1.82) is 0 Å². The second-order valence-corrected chi connectivity index (χ2v) is 7.10. The van der Waals surface area contributed by atoms with E-state index < -0.39 is 0 Å². The molecule has 0 aliphatic carbocycles. The monoisotopic (exact) mass is 356 g/mol. The van der Waals surface area contributed by atoms with E-state index in [0.29, 0.717) is 0 Å². The van der Waals surface area contributed by atoms with Crippen LogP contribution in [0.4, 0.5) is 16.0 Å². The second kappa shape index (κ2) is 7.53. The minimum atomic E-state index is -0.271. The van der Waals surface area contributed by atoms with Crippen LogP contribution in [0, 0.1) is 12.7 Å². The van der Waals surface area contributed by atoms with E-state index in [4.69, 9.17) is 0 Å². The average Bonchev–Trinajstić information content (AvgIpc) is 3.17. The van der Waals surface area contributed by atoms with Crippen molar-refractivity contribution in [1.82, 2.24) is 19.9 Å². The molecule has 4 heterocycles. The predicted molar refractivity (Wildman–Crippen MR) is 99.9 cm³/mol. The Morgan fingerprint density at radius 3 is 2.19 bits per heavy atom. The SMILES string of the molecule is Cc1nc(N2CCCC2)cc(N2CCN(Cc3cncc(F)c3)CC2)n1. The van der Waals surface area contributed by atoms with Crippen LogP contribution in [0.15, 0.2) is 24.5 Å². The van der Waals surface area contributed by atoms with E-state index in [1.54, 1.807) is 12.3 Å². The first-order chi connectivity index (χ1) is 12.7. The third kappa shape index (κ3) is 3.93. The van der Waals surface area contributed by atoms with Gasteiger partial charge in [-0.25, -0.2) is 14.4 Å². The van der Waals surface area contributed by atoms with Gasteiger partial charge in [0.05, 0.1) is 6.20 Å². The summed E-state index contributed by atoms with van der Waals surface area (Å²) in [5.41, 5.74) is 0.924. The Kier molecular flexibility index (Phi) is 4.97. The average molecular weight is 356 g/mol. The van der Waals surface area contributed by atoms with Gasteiger partial charge in [-0.05, 0) is 31.4 Å². The van der Waals surface area contributed by atoms with Crippen molar-refractivity contribution in [2.75, 3.05) is 49.1 Å². The van der Waals surface area contributed by atoms with Crippen molar-refractivity contribution in [2.45, 2.75) is 26.3 Å². The zero-order valence-corrected chi connectivity index (χ0v) is 15.2. The van der Waals surface area contributed by atoms with Crippen molar-refractivity contribution >= 4 is 11.6 Å². The standard InChI is InChI=1S/C19H25FN6/c1-15-22-18(25-4-2-3-5-25)11-19(23-15)26-8-6-24(7-9-26)14-16-10-17(20)13-21-12-16/h10-13H,2-9,14H2,1H3. The molecule has 2 aromatic heterocycles. The van der Waals surface area contributed by atoms with Crippen LogP contribution < -0.4 is 9.80 Å². The normalized spacial score (nSPS) is 18.5. The summed E-state index contributed by atoms with van der Waals surface area (Å²) >= 11 is 0. The lowest BCUT2D eigenvalue weighted by molar-refractivity contribution is 0.248. The Morgan fingerprint density at radius 2 is 1.54 bits per heavy atom. The first-order valence-corrected chi connectivity index (χ1v) is 9.35. The molecule has 0 atom stereocenters. The third-order valence-electron chi connectivity index (χ3n) is 5.10. The van der Waals surface area contributed by atoms with E-state index in [-0.39, 0.29) is 5.82 Å².